The van der Waals surface area contributed by atoms with Crippen LogP contribution in [0.25, 0.3) is 23.0 Å². The molecule has 1 aromatic heterocycles. The highest BCUT2D eigenvalue weighted by atomic mass is 32.2. The fourth-order valence-electron chi connectivity index (χ4n) is 3.75. The van der Waals surface area contributed by atoms with Crippen LogP contribution in [0.4, 0.5) is 0 Å². The highest BCUT2D eigenvalue weighted by Gasteiger charge is 2.35. The summed E-state index contributed by atoms with van der Waals surface area (Å²) in [5.41, 5.74) is 4.60. The van der Waals surface area contributed by atoms with Crippen molar-refractivity contribution in [3.8, 4) is 22.7 Å². The monoisotopic (exact) mass is 489 g/mol. The third-order valence-corrected chi connectivity index (χ3v) is 7.06. The lowest BCUT2D eigenvalue weighted by Crippen LogP contribution is -2.36. The Hall–Kier alpha value is -3.16. The number of carbonyl (C=O) groups is 1. The van der Waals surface area contributed by atoms with Crippen LogP contribution in [0, 0.1) is 6.92 Å². The number of ether oxygens (including phenoxy) is 1. The van der Waals surface area contributed by atoms with Gasteiger partial charge in [0, 0.05) is 23.4 Å². The van der Waals surface area contributed by atoms with E-state index in [1.807, 2.05) is 79.3 Å². The average Bonchev–Trinajstić information content (AvgIpc) is 3.38. The van der Waals surface area contributed by atoms with Crippen LogP contribution in [0.15, 0.2) is 72.3 Å². The van der Waals surface area contributed by atoms with Gasteiger partial charge in [0.25, 0.3) is 5.91 Å². The highest BCUT2D eigenvalue weighted by molar-refractivity contribution is 8.26. The van der Waals surface area contributed by atoms with E-state index in [9.17, 15) is 4.79 Å². The summed E-state index contributed by atoms with van der Waals surface area (Å²) in [5.74, 6) is 0.729. The summed E-state index contributed by atoms with van der Waals surface area (Å²) in [6.45, 7) is 10.3. The highest BCUT2D eigenvalue weighted by Crippen LogP contribution is 2.37. The molecule has 1 fully saturated rings. The summed E-state index contributed by atoms with van der Waals surface area (Å²) in [6.07, 6.45) is 6.43. The molecule has 34 heavy (non-hydrogen) atoms. The summed E-state index contributed by atoms with van der Waals surface area (Å²) in [4.78, 5) is 15.5. The lowest BCUT2D eigenvalue weighted by atomic mass is 10.0. The molecule has 1 unspecified atom stereocenters. The molecule has 1 amide bonds. The van der Waals surface area contributed by atoms with Crippen molar-refractivity contribution in [2.45, 2.75) is 33.2 Å². The van der Waals surface area contributed by atoms with Crippen LogP contribution in [0.2, 0.25) is 0 Å². The number of hydrogen-bond acceptors (Lipinski definition) is 5. The SMILES string of the molecule is C=CCOc1ccc(-c2nn(-c3ccccc3)cc2C=C2SC(=S)N(C(C)CC)C2=O)c(C)c1. The number of nitrogens with zero attached hydrogens (tertiary/aromatic N) is 3. The van der Waals surface area contributed by atoms with Crippen molar-refractivity contribution >= 4 is 40.3 Å². The molecule has 1 saturated heterocycles. The second-order valence-corrected chi connectivity index (χ2v) is 9.77. The van der Waals surface area contributed by atoms with Gasteiger partial charge in [0.05, 0.1) is 10.6 Å². The molecule has 1 aliphatic heterocycles. The summed E-state index contributed by atoms with van der Waals surface area (Å²) < 4.78 is 8.13. The van der Waals surface area contributed by atoms with Gasteiger partial charge in [0.1, 0.15) is 22.4 Å². The standard InChI is InChI=1S/C27H27N3O2S2/c1-5-14-32-22-12-13-23(18(3)15-22)25-20(17-29(28-25)21-10-8-7-9-11-21)16-24-26(31)30(19(4)6-2)27(33)34-24/h5,7-13,15-17,19H,1,6,14H2,2-4H3. The number of aromatic nitrogens is 2. The molecule has 174 valence electrons. The molecule has 1 atom stereocenters. The molecule has 3 aromatic rings. The van der Waals surface area contributed by atoms with E-state index in [0.29, 0.717) is 15.8 Å². The largest absolute Gasteiger partial charge is 0.490 e. The normalized spacial score (nSPS) is 15.7. The number of aryl methyl sites for hydroxylation is 1. The van der Waals surface area contributed by atoms with E-state index in [1.54, 1.807) is 11.0 Å². The van der Waals surface area contributed by atoms with E-state index in [2.05, 4.69) is 13.5 Å². The van der Waals surface area contributed by atoms with Crippen LogP contribution in [-0.4, -0.2) is 37.6 Å². The number of hydrogen-bond donors (Lipinski definition) is 0. The van der Waals surface area contributed by atoms with Crippen molar-refractivity contribution in [2.75, 3.05) is 6.61 Å². The van der Waals surface area contributed by atoms with Crippen molar-refractivity contribution in [3.05, 3.63) is 83.4 Å². The molecule has 0 bridgehead atoms. The van der Waals surface area contributed by atoms with Crippen molar-refractivity contribution in [2.24, 2.45) is 0 Å². The minimum Gasteiger partial charge on any atom is -0.490 e. The molecule has 2 heterocycles. The van der Waals surface area contributed by atoms with E-state index in [1.165, 1.54) is 11.8 Å². The molecule has 7 heteroatoms. The summed E-state index contributed by atoms with van der Waals surface area (Å²) in [6, 6.07) is 15.9. The fourth-order valence-corrected chi connectivity index (χ4v) is 5.20. The van der Waals surface area contributed by atoms with E-state index in [-0.39, 0.29) is 11.9 Å². The first-order valence-electron chi connectivity index (χ1n) is 11.2. The Morgan fingerprint density at radius 3 is 2.68 bits per heavy atom. The van der Waals surface area contributed by atoms with Crippen molar-refractivity contribution in [1.29, 1.82) is 0 Å². The maximum absolute atomic E-state index is 13.2. The maximum atomic E-state index is 13.2. The number of thioether (sulfide) groups is 1. The first-order valence-corrected chi connectivity index (χ1v) is 12.4. The smallest absolute Gasteiger partial charge is 0.266 e. The Labute approximate surface area is 210 Å². The van der Waals surface area contributed by atoms with Crippen LogP contribution in [0.5, 0.6) is 5.75 Å². The van der Waals surface area contributed by atoms with Crippen LogP contribution in [0.3, 0.4) is 0 Å². The number of amides is 1. The number of rotatable bonds is 8. The number of carbonyl (C=O) groups excluding carboxylic acids is 1. The van der Waals surface area contributed by atoms with Crippen LogP contribution in [0.1, 0.15) is 31.4 Å². The van der Waals surface area contributed by atoms with Crippen LogP contribution < -0.4 is 4.74 Å². The number of thiocarbonyl (C=S) groups is 1. The maximum Gasteiger partial charge on any atom is 0.266 e. The second-order valence-electron chi connectivity index (χ2n) is 8.10. The molecule has 0 saturated carbocycles. The van der Waals surface area contributed by atoms with Gasteiger partial charge in [-0.25, -0.2) is 4.68 Å². The van der Waals surface area contributed by atoms with Crippen molar-refractivity contribution in [1.82, 2.24) is 14.7 Å². The van der Waals surface area contributed by atoms with Crippen molar-refractivity contribution < 1.29 is 9.53 Å². The minimum atomic E-state index is -0.0485. The van der Waals surface area contributed by atoms with Gasteiger partial charge in [-0.15, -0.1) is 0 Å². The van der Waals surface area contributed by atoms with Gasteiger partial charge in [0.15, 0.2) is 0 Å². The molecule has 1 aliphatic rings. The molecule has 2 aromatic carbocycles. The lowest BCUT2D eigenvalue weighted by molar-refractivity contribution is -0.123. The van der Waals surface area contributed by atoms with E-state index < -0.39 is 0 Å². The van der Waals surface area contributed by atoms with Gasteiger partial charge in [-0.2, -0.15) is 5.10 Å². The predicted octanol–water partition coefficient (Wildman–Crippen LogP) is 6.41. The summed E-state index contributed by atoms with van der Waals surface area (Å²) in [5, 5.41) is 4.91. The first-order chi connectivity index (χ1) is 16.4. The van der Waals surface area contributed by atoms with E-state index >= 15 is 0 Å². The molecular weight excluding hydrogens is 462 g/mol. The van der Waals surface area contributed by atoms with Crippen LogP contribution in [-0.2, 0) is 4.79 Å². The van der Waals surface area contributed by atoms with Crippen molar-refractivity contribution in [3.63, 3.8) is 0 Å². The van der Waals surface area contributed by atoms with Gasteiger partial charge >= 0.3 is 0 Å². The zero-order chi connectivity index (χ0) is 24.2. The Morgan fingerprint density at radius 1 is 1.24 bits per heavy atom. The average molecular weight is 490 g/mol. The Kier molecular flexibility index (Phi) is 7.34. The number of para-hydroxylation sites is 1. The summed E-state index contributed by atoms with van der Waals surface area (Å²) in [7, 11) is 0. The molecule has 4 rings (SSSR count). The first kappa shape index (κ1) is 24.0. The zero-order valence-electron chi connectivity index (χ0n) is 19.5. The lowest BCUT2D eigenvalue weighted by Gasteiger charge is -2.21. The van der Waals surface area contributed by atoms with Crippen LogP contribution >= 0.6 is 24.0 Å². The van der Waals surface area contributed by atoms with Gasteiger partial charge in [0.2, 0.25) is 0 Å². The Bertz CT molecular complexity index is 1260. The molecular formula is C27H27N3O2S2. The fraction of sp³-hybridized carbons (Fsp3) is 0.222. The Morgan fingerprint density at radius 2 is 2.00 bits per heavy atom. The number of benzene rings is 2. The van der Waals surface area contributed by atoms with E-state index in [0.717, 1.165) is 40.2 Å². The second kappa shape index (κ2) is 10.4. The van der Waals surface area contributed by atoms with Gasteiger partial charge in [-0.05, 0) is 62.2 Å². The molecule has 5 nitrogen and oxygen atoms in total. The van der Waals surface area contributed by atoms with Gasteiger partial charge < -0.3 is 4.74 Å². The zero-order valence-corrected chi connectivity index (χ0v) is 21.2. The predicted molar refractivity (Wildman–Crippen MR) is 144 cm³/mol. The minimum absolute atomic E-state index is 0.0485. The molecule has 0 N–H and O–H groups in total. The van der Waals surface area contributed by atoms with E-state index in [4.69, 9.17) is 22.1 Å². The molecule has 0 spiro atoms. The summed E-state index contributed by atoms with van der Waals surface area (Å²) >= 11 is 6.86. The third kappa shape index (κ3) is 4.86. The molecule has 0 radical (unpaired) electrons. The third-order valence-electron chi connectivity index (χ3n) is 5.73. The quantitative estimate of drug-likeness (QED) is 0.208. The van der Waals surface area contributed by atoms with Gasteiger partial charge in [-0.3, -0.25) is 9.69 Å². The van der Waals surface area contributed by atoms with Gasteiger partial charge in [-0.1, -0.05) is 61.8 Å². The topological polar surface area (TPSA) is 47.4 Å². The molecule has 0 aliphatic carbocycles. The Balaban J connectivity index is 1.79.